The van der Waals surface area contributed by atoms with Gasteiger partial charge in [-0.3, -0.25) is 45.3 Å². The molecule has 4 atom stereocenters. The van der Waals surface area contributed by atoms with Crippen molar-refractivity contribution in [1.82, 2.24) is 9.97 Å². The third-order valence-corrected chi connectivity index (χ3v) is 25.8. The fourth-order valence-corrected chi connectivity index (χ4v) is 20.9. The molecule has 0 bridgehead atoms. The second-order valence-electron chi connectivity index (χ2n) is 19.7. The van der Waals surface area contributed by atoms with Crippen molar-refractivity contribution in [3.63, 3.8) is 0 Å². The number of carbonyl (C=O) groups is 1. The van der Waals surface area contributed by atoms with Gasteiger partial charge in [0.1, 0.15) is 50.2 Å². The van der Waals surface area contributed by atoms with Crippen LogP contribution in [0.3, 0.4) is 0 Å². The van der Waals surface area contributed by atoms with E-state index in [0.717, 1.165) is 143 Å². The number of ketones is 1. The number of fused-ring (bicyclic) bond motifs is 3. The molecule has 92 heavy (non-hydrogen) atoms. The fraction of sp³-hybridized carbons (Fsp3) is 0.310. The number of thiazole rings is 2. The van der Waals surface area contributed by atoms with Gasteiger partial charge < -0.3 is 26.4 Å². The maximum atomic E-state index is 12.4. The van der Waals surface area contributed by atoms with Crippen LogP contribution in [0.4, 0.5) is 32.8 Å². The minimum Gasteiger partial charge on any atom is -0.398 e. The van der Waals surface area contributed by atoms with E-state index in [-0.39, 0.29) is 74.8 Å². The minimum absolute atomic E-state index is 0. The van der Waals surface area contributed by atoms with E-state index >= 15 is 0 Å². The molecule has 0 spiro atoms. The molecule has 0 amide bonds. The van der Waals surface area contributed by atoms with E-state index in [2.05, 4.69) is 45.2 Å². The second-order valence-corrected chi connectivity index (χ2v) is 32.0. The van der Waals surface area contributed by atoms with Crippen LogP contribution >= 0.6 is 49.0 Å². The average Bonchev–Trinajstić information content (AvgIpc) is 1.91. The van der Waals surface area contributed by atoms with Crippen molar-refractivity contribution in [3.8, 4) is 33.3 Å². The number of hydrogen-bond acceptors (Lipinski definition) is 22. The van der Waals surface area contributed by atoms with Crippen molar-refractivity contribution < 1.29 is 60.9 Å². The number of ether oxygens (including phenoxy) is 1. The monoisotopic (exact) mass is 1480 g/mol. The molecule has 1 aliphatic heterocycles. The number of nitrogens with two attached hydrogens (primary N) is 2. The number of halogens is 1. The van der Waals surface area contributed by atoms with E-state index in [0.29, 0.717) is 28.0 Å². The molecule has 5 aromatic carbocycles. The number of nitriles is 2. The number of aliphatic hydroxyl groups excluding tert-OH is 2. The number of aromatic nitrogens is 2. The van der Waals surface area contributed by atoms with Crippen LogP contribution in [0.1, 0.15) is 125 Å². The number of benzene rings is 5. The van der Waals surface area contributed by atoms with Gasteiger partial charge in [0.15, 0.2) is 5.78 Å². The Balaban J connectivity index is 0.000000286. The van der Waals surface area contributed by atoms with Crippen LogP contribution in [0, 0.1) is 96.6 Å². The normalized spacial score (nSPS) is 15.7. The molecular formula is C58H59FFeN10O12P2S8. The number of nitrogen functional groups attached to an aromatic ring is 1. The molecule has 4 unspecified atom stereocenters. The van der Waals surface area contributed by atoms with E-state index in [9.17, 15) is 59.9 Å². The van der Waals surface area contributed by atoms with Gasteiger partial charge in [-0.1, -0.05) is 43.9 Å². The van der Waals surface area contributed by atoms with E-state index in [1.807, 2.05) is 38.1 Å². The average molecular weight is 1480 g/mol. The number of anilines is 1. The number of rotatable bonds is 8. The Morgan fingerprint density at radius 3 is 1.60 bits per heavy atom. The summed E-state index contributed by atoms with van der Waals surface area (Å²) in [6.07, 6.45) is 7.76. The second kappa shape index (κ2) is 39.1. The topological polar surface area (TPSA) is 368 Å². The quantitative estimate of drug-likeness (QED) is 0.0209. The Labute approximate surface area is 574 Å². The van der Waals surface area contributed by atoms with Crippen molar-refractivity contribution in [3.05, 3.63) is 197 Å². The Bertz CT molecular complexity index is 4050. The van der Waals surface area contributed by atoms with Gasteiger partial charge in [0.25, 0.3) is 22.7 Å². The summed E-state index contributed by atoms with van der Waals surface area (Å²) in [6.45, 7) is 7.37. The SMILES string of the molecule is C.Cc1ccc(-c2nc3c(s2)C(O)CCC3)c(N)c1.Cc1ccc(-c2nc3c(s2)C(O)CCC3)c([N+](=O)[O-])c1.Cc1ccc(C#N)c([N+](=O)[O-])c1.Cc1ccc(C(N)=S)c([N+](=O)[O-])c1.N#Cc1ccc(F)cc1[N+](=O)[O-].O=C1CCCC2OC12.S=PP=S=S=S=S.[Fe]. The third-order valence-electron chi connectivity index (χ3n) is 13.2. The van der Waals surface area contributed by atoms with Crippen molar-refractivity contribution in [2.24, 2.45) is 5.73 Å². The molecule has 11 rings (SSSR count). The number of hydrogen-bond donors (Lipinski definition) is 4. The van der Waals surface area contributed by atoms with Gasteiger partial charge in [-0.15, -0.1) is 22.7 Å². The Hall–Kier alpha value is -6.67. The molecule has 34 heteroatoms. The largest absolute Gasteiger partial charge is 0.398 e. The van der Waals surface area contributed by atoms with Gasteiger partial charge in [-0.05, 0) is 194 Å². The molecule has 3 aliphatic carbocycles. The molecule has 1 saturated carbocycles. The number of nitrogens with zero attached hydrogens (tertiary/aromatic N) is 8. The molecule has 6 N–H and O–H groups in total. The van der Waals surface area contributed by atoms with Gasteiger partial charge in [-0.25, -0.2) is 14.4 Å². The van der Waals surface area contributed by atoms with Crippen LogP contribution in [0.5, 0.6) is 0 Å². The predicted molar refractivity (Wildman–Crippen MR) is 370 cm³/mol. The maximum Gasteiger partial charge on any atom is 0.289 e. The summed E-state index contributed by atoms with van der Waals surface area (Å²) in [5.41, 5.74) is 18.9. The molecule has 0 radical (unpaired) electrons. The maximum absolute atomic E-state index is 12.4. The Kier molecular flexibility index (Phi) is 33.8. The molecular weight excluding hydrogens is 1420 g/mol. The van der Waals surface area contributed by atoms with Gasteiger partial charge in [0, 0.05) is 67.0 Å². The van der Waals surface area contributed by atoms with Crippen molar-refractivity contribution >= 4 is 138 Å². The van der Waals surface area contributed by atoms with Crippen LogP contribution in [0.2, 0.25) is 0 Å². The van der Waals surface area contributed by atoms with Crippen LogP contribution in [0.25, 0.3) is 21.1 Å². The predicted octanol–water partition coefficient (Wildman–Crippen LogP) is 14.2. The van der Waals surface area contributed by atoms with Crippen LogP contribution < -0.4 is 11.5 Å². The smallest absolute Gasteiger partial charge is 0.289 e. The Morgan fingerprint density at radius 1 is 0.696 bits per heavy atom. The summed E-state index contributed by atoms with van der Waals surface area (Å²) >= 11 is 16.9. The number of aryl methyl sites for hydroxylation is 6. The summed E-state index contributed by atoms with van der Waals surface area (Å²) in [7, 11) is 6.83. The number of nitro groups is 4. The number of nitro benzene ring substituents is 4. The summed E-state index contributed by atoms with van der Waals surface area (Å²) in [4.78, 5) is 61.9. The standard InChI is InChI=1S/C14H14N2O3S.C14H16N2OS.C8H8N2O2S.C8H6N2O2.C7H3FN2O2.C6H8O2.CH4.Fe.P2S5/c1-8-5-6-9(11(7-8)16(18)19)14-15-10-3-2-4-12(17)13(10)20-14;1-8-5-6-9(10(15)7-8)14-16-11-3-2-4-12(17)13(11)18-14;1-5-2-3-6(8(9)13)7(4-5)10(11)12;1-6-2-3-7(5-9)8(4-6)10(11)12;8-6-2-1-5(4-9)7(3-6)10(11)12;7-4-2-1-3-5-6(4)8-5;;;3-1-2-5-7-6-4/h5-7,12,17H,2-4H2,1H3;5-7,12,17H,2-4,15H2,1H3;2-4H,1H3,(H2,9,13);2-4H,1H3;1-3H;5-6H,1-3H2;1H4;;. The molecule has 1 saturated heterocycles. The molecule has 2 fully saturated rings. The van der Waals surface area contributed by atoms with E-state index in [1.165, 1.54) is 45.5 Å². The first-order valence-corrected chi connectivity index (χ1v) is 37.2. The van der Waals surface area contributed by atoms with Gasteiger partial charge in [0.2, 0.25) is 0 Å². The number of thiocarbonyl (C=S) groups is 1. The molecule has 4 aliphatic rings. The van der Waals surface area contributed by atoms with Gasteiger partial charge in [-0.2, -0.15) is 10.5 Å². The fourth-order valence-electron chi connectivity index (χ4n) is 8.82. The summed E-state index contributed by atoms with van der Waals surface area (Å²) in [6, 6.07) is 26.6. The molecule has 3 heterocycles. The summed E-state index contributed by atoms with van der Waals surface area (Å²) in [5, 5.41) is 80.8. The zero-order valence-corrected chi connectivity index (χ0v) is 57.9. The third kappa shape index (κ3) is 23.7. The van der Waals surface area contributed by atoms with E-state index in [1.54, 1.807) is 86.0 Å². The van der Waals surface area contributed by atoms with Crippen LogP contribution in [0.15, 0.2) is 91.0 Å². The number of aliphatic hydroxyl groups is 2. The summed E-state index contributed by atoms with van der Waals surface area (Å²) in [5.74, 6) is -0.401. The summed E-state index contributed by atoms with van der Waals surface area (Å²) < 4.78 is 17.5. The van der Waals surface area contributed by atoms with E-state index in [4.69, 9.17) is 26.7 Å². The van der Waals surface area contributed by atoms with Crippen LogP contribution in [-0.4, -0.2) is 62.9 Å². The first kappa shape index (κ1) is 79.6. The number of epoxide rings is 1. The minimum atomic E-state index is -0.790. The number of Topliss-reactive ketones (excluding diaryl/α,β-unsaturated/α-hetero) is 1. The van der Waals surface area contributed by atoms with E-state index < -0.39 is 32.4 Å². The van der Waals surface area contributed by atoms with Gasteiger partial charge in [0.05, 0.1) is 76.3 Å². The van der Waals surface area contributed by atoms with Crippen molar-refractivity contribution in [2.45, 2.75) is 117 Å². The van der Waals surface area contributed by atoms with Gasteiger partial charge >= 0.3 is 0 Å². The molecule has 22 nitrogen and oxygen atoms in total. The number of carbonyl (C=O) groups excluding carboxylic acids is 1. The molecule has 486 valence electrons. The van der Waals surface area contributed by atoms with Crippen LogP contribution in [-0.2, 0) is 89.7 Å². The first-order chi connectivity index (χ1) is 42.8. The Morgan fingerprint density at radius 2 is 1.14 bits per heavy atom. The molecule has 7 aromatic rings. The zero-order valence-electron chi connectivity index (χ0n) is 48.4. The van der Waals surface area contributed by atoms with Crippen molar-refractivity contribution in [2.75, 3.05) is 5.73 Å². The molecule has 2 aromatic heterocycles. The first-order valence-electron chi connectivity index (χ1n) is 26.7. The van der Waals surface area contributed by atoms with Crippen molar-refractivity contribution in [1.29, 1.82) is 10.5 Å². The zero-order chi connectivity index (χ0) is 66.4.